The van der Waals surface area contributed by atoms with Crippen molar-refractivity contribution < 1.29 is 0 Å². The van der Waals surface area contributed by atoms with E-state index in [-0.39, 0.29) is 5.38 Å². The van der Waals surface area contributed by atoms with E-state index in [0.29, 0.717) is 0 Å². The van der Waals surface area contributed by atoms with Crippen molar-refractivity contribution in [2.24, 2.45) is 0 Å². The molecule has 14 heavy (non-hydrogen) atoms. The zero-order valence-corrected chi connectivity index (χ0v) is 10.6. The Hall–Kier alpha value is -0.0200. The second-order valence-electron chi connectivity index (χ2n) is 2.97. The fourth-order valence-corrected chi connectivity index (χ4v) is 3.81. The highest BCUT2D eigenvalue weighted by Gasteiger charge is 2.17. The summed E-state index contributed by atoms with van der Waals surface area (Å²) in [7, 11) is 0. The van der Waals surface area contributed by atoms with Gasteiger partial charge in [0.05, 0.1) is 5.02 Å². The summed E-state index contributed by atoms with van der Waals surface area (Å²) in [5, 5.41) is 4.78. The molecule has 0 aromatic carbocycles. The molecular formula is C10H8Cl2S2. The molecule has 0 aliphatic heterocycles. The number of aryl methyl sites for hydroxylation is 1. The molecule has 0 N–H and O–H groups in total. The topological polar surface area (TPSA) is 0 Å². The lowest BCUT2D eigenvalue weighted by molar-refractivity contribution is 1.23. The van der Waals surface area contributed by atoms with Gasteiger partial charge in [-0.1, -0.05) is 17.7 Å². The van der Waals surface area contributed by atoms with Crippen LogP contribution in [0.1, 0.15) is 20.7 Å². The minimum atomic E-state index is -0.0961. The molecule has 2 heterocycles. The largest absolute Gasteiger partial charge is 0.147 e. The van der Waals surface area contributed by atoms with Crippen molar-refractivity contribution in [3.05, 3.63) is 43.2 Å². The number of thiophene rings is 2. The summed E-state index contributed by atoms with van der Waals surface area (Å²) in [4.78, 5) is 2.20. The van der Waals surface area contributed by atoms with E-state index in [1.165, 1.54) is 0 Å². The van der Waals surface area contributed by atoms with E-state index >= 15 is 0 Å². The van der Waals surface area contributed by atoms with E-state index in [0.717, 1.165) is 20.3 Å². The molecule has 2 aromatic heterocycles. The van der Waals surface area contributed by atoms with Crippen molar-refractivity contribution in [2.45, 2.75) is 12.3 Å². The molecule has 4 heteroatoms. The Balaban J connectivity index is 2.36. The molecule has 1 atom stereocenters. The SMILES string of the molecule is Cc1csc(C(Cl)c2cccs2)c1Cl. The van der Waals surface area contributed by atoms with Gasteiger partial charge in [-0.25, -0.2) is 0 Å². The van der Waals surface area contributed by atoms with Crippen molar-refractivity contribution in [3.8, 4) is 0 Å². The number of rotatable bonds is 2. The predicted octanol–water partition coefficient (Wildman–Crippen LogP) is 5.10. The van der Waals surface area contributed by atoms with Crippen LogP contribution in [0.25, 0.3) is 0 Å². The monoisotopic (exact) mass is 262 g/mol. The highest BCUT2D eigenvalue weighted by molar-refractivity contribution is 7.12. The van der Waals surface area contributed by atoms with Gasteiger partial charge in [-0.3, -0.25) is 0 Å². The van der Waals surface area contributed by atoms with Gasteiger partial charge in [-0.15, -0.1) is 34.3 Å². The zero-order valence-electron chi connectivity index (χ0n) is 7.46. The molecule has 2 rings (SSSR count). The molecular weight excluding hydrogens is 255 g/mol. The molecule has 0 amide bonds. The Morgan fingerprint density at radius 3 is 2.64 bits per heavy atom. The first-order valence-electron chi connectivity index (χ1n) is 4.11. The van der Waals surface area contributed by atoms with E-state index < -0.39 is 0 Å². The molecule has 0 fully saturated rings. The summed E-state index contributed by atoms with van der Waals surface area (Å²) >= 11 is 15.8. The van der Waals surface area contributed by atoms with Crippen LogP contribution in [0.15, 0.2) is 22.9 Å². The first-order valence-corrected chi connectivity index (χ1v) is 6.68. The molecule has 0 saturated carbocycles. The number of alkyl halides is 1. The molecule has 0 saturated heterocycles. The Morgan fingerprint density at radius 1 is 1.36 bits per heavy atom. The molecule has 0 bridgehead atoms. The normalized spacial score (nSPS) is 13.1. The summed E-state index contributed by atoms with van der Waals surface area (Å²) in [5.41, 5.74) is 1.11. The summed E-state index contributed by atoms with van der Waals surface area (Å²) in [6.07, 6.45) is 0. The minimum Gasteiger partial charge on any atom is -0.147 e. The van der Waals surface area contributed by atoms with Crippen LogP contribution in [0.2, 0.25) is 5.02 Å². The third-order valence-corrected chi connectivity index (χ3v) is 5.38. The van der Waals surface area contributed by atoms with E-state index in [9.17, 15) is 0 Å². The van der Waals surface area contributed by atoms with Gasteiger partial charge in [-0.05, 0) is 29.3 Å². The van der Waals surface area contributed by atoms with Gasteiger partial charge in [0, 0.05) is 9.75 Å². The molecule has 0 radical (unpaired) electrons. The van der Waals surface area contributed by atoms with Gasteiger partial charge in [0.25, 0.3) is 0 Å². The Bertz CT molecular complexity index is 417. The van der Waals surface area contributed by atoms with Gasteiger partial charge in [0.2, 0.25) is 0 Å². The third kappa shape index (κ3) is 1.84. The molecule has 0 spiro atoms. The summed E-state index contributed by atoms with van der Waals surface area (Å²) in [5.74, 6) is 0. The van der Waals surface area contributed by atoms with E-state index in [1.54, 1.807) is 22.7 Å². The Labute approximate surface area is 101 Å². The average molecular weight is 263 g/mol. The lowest BCUT2D eigenvalue weighted by Gasteiger charge is -2.04. The molecule has 2 aromatic rings. The van der Waals surface area contributed by atoms with Crippen molar-refractivity contribution in [2.75, 3.05) is 0 Å². The van der Waals surface area contributed by atoms with Crippen LogP contribution in [-0.2, 0) is 0 Å². The van der Waals surface area contributed by atoms with Gasteiger partial charge < -0.3 is 0 Å². The van der Waals surface area contributed by atoms with Gasteiger partial charge in [0.1, 0.15) is 5.38 Å². The van der Waals surface area contributed by atoms with Gasteiger partial charge in [-0.2, -0.15) is 0 Å². The first kappa shape index (κ1) is 10.5. The van der Waals surface area contributed by atoms with Crippen molar-refractivity contribution in [1.82, 2.24) is 0 Å². The van der Waals surface area contributed by atoms with E-state index in [2.05, 4.69) is 0 Å². The standard InChI is InChI=1S/C10H8Cl2S2/c1-6-5-14-10(8(6)11)9(12)7-3-2-4-13-7/h2-5,9H,1H3. The van der Waals surface area contributed by atoms with Gasteiger partial charge >= 0.3 is 0 Å². The van der Waals surface area contributed by atoms with Gasteiger partial charge in [0.15, 0.2) is 0 Å². The number of hydrogen-bond donors (Lipinski definition) is 0. The minimum absolute atomic E-state index is 0.0961. The van der Waals surface area contributed by atoms with E-state index in [4.69, 9.17) is 23.2 Å². The number of halogens is 2. The summed E-state index contributed by atoms with van der Waals surface area (Å²) < 4.78 is 0. The smallest absolute Gasteiger partial charge is 0.103 e. The van der Waals surface area contributed by atoms with Crippen LogP contribution in [0.4, 0.5) is 0 Å². The van der Waals surface area contributed by atoms with Crippen LogP contribution in [0.3, 0.4) is 0 Å². The van der Waals surface area contributed by atoms with Crippen molar-refractivity contribution in [1.29, 1.82) is 0 Å². The summed E-state index contributed by atoms with van der Waals surface area (Å²) in [6.45, 7) is 2.00. The first-order chi connectivity index (χ1) is 6.70. The highest BCUT2D eigenvalue weighted by atomic mass is 35.5. The van der Waals surface area contributed by atoms with Crippen LogP contribution < -0.4 is 0 Å². The van der Waals surface area contributed by atoms with Crippen LogP contribution >= 0.6 is 45.9 Å². The fraction of sp³-hybridized carbons (Fsp3) is 0.200. The van der Waals surface area contributed by atoms with Crippen LogP contribution in [-0.4, -0.2) is 0 Å². The zero-order chi connectivity index (χ0) is 10.1. The summed E-state index contributed by atoms with van der Waals surface area (Å²) in [6, 6.07) is 4.04. The fourth-order valence-electron chi connectivity index (χ4n) is 1.19. The average Bonchev–Trinajstić information content (AvgIpc) is 2.77. The predicted molar refractivity (Wildman–Crippen MR) is 66.1 cm³/mol. The maximum absolute atomic E-state index is 6.33. The van der Waals surface area contributed by atoms with Crippen molar-refractivity contribution in [3.63, 3.8) is 0 Å². The molecule has 0 aliphatic carbocycles. The van der Waals surface area contributed by atoms with Crippen LogP contribution in [0.5, 0.6) is 0 Å². The molecule has 0 aliphatic rings. The number of hydrogen-bond acceptors (Lipinski definition) is 2. The lowest BCUT2D eigenvalue weighted by Crippen LogP contribution is -1.86. The highest BCUT2D eigenvalue weighted by Crippen LogP contribution is 2.40. The maximum Gasteiger partial charge on any atom is 0.103 e. The van der Waals surface area contributed by atoms with Crippen molar-refractivity contribution >= 4 is 45.9 Å². The quantitative estimate of drug-likeness (QED) is 0.661. The second kappa shape index (κ2) is 4.23. The Kier molecular flexibility index (Phi) is 3.17. The molecule has 74 valence electrons. The van der Waals surface area contributed by atoms with Crippen LogP contribution in [0, 0.1) is 6.92 Å². The van der Waals surface area contributed by atoms with E-state index in [1.807, 2.05) is 29.8 Å². The Morgan fingerprint density at radius 2 is 2.14 bits per heavy atom. The second-order valence-corrected chi connectivity index (χ2v) is 5.68. The molecule has 1 unspecified atom stereocenters. The third-order valence-electron chi connectivity index (χ3n) is 1.95. The lowest BCUT2D eigenvalue weighted by atomic mass is 10.2. The maximum atomic E-state index is 6.33. The molecule has 0 nitrogen and oxygen atoms in total.